The Morgan fingerprint density at radius 1 is 1.00 bits per heavy atom. The van der Waals surface area contributed by atoms with Gasteiger partial charge in [0.1, 0.15) is 16.9 Å². The summed E-state index contributed by atoms with van der Waals surface area (Å²) in [4.78, 5) is 41.0. The van der Waals surface area contributed by atoms with Gasteiger partial charge in [-0.15, -0.1) is 0 Å². The molecule has 1 fully saturated rings. The third kappa shape index (κ3) is 7.60. The summed E-state index contributed by atoms with van der Waals surface area (Å²) in [6, 6.07) is 16.3. The monoisotopic (exact) mass is 749 g/mol. The fourth-order valence-corrected chi connectivity index (χ4v) is 7.97. The number of benzene rings is 2. The minimum absolute atomic E-state index is 0.0486. The van der Waals surface area contributed by atoms with Crippen molar-refractivity contribution in [2.45, 2.75) is 63.6 Å². The number of pyridine rings is 3. The van der Waals surface area contributed by atoms with Crippen LogP contribution < -0.4 is 15.5 Å². The van der Waals surface area contributed by atoms with Gasteiger partial charge >= 0.3 is 6.09 Å². The smallest absolute Gasteiger partial charge is 0.407 e. The average molecular weight is 750 g/mol. The lowest BCUT2D eigenvalue weighted by molar-refractivity contribution is 0.0499. The molecule has 0 saturated carbocycles. The number of anilines is 1. The Morgan fingerprint density at radius 2 is 1.80 bits per heavy atom. The number of aromatic nitrogens is 4. The Morgan fingerprint density at radius 3 is 2.54 bits per heavy atom. The molecule has 1 saturated heterocycles. The molecule has 4 aromatic heterocycles. The summed E-state index contributed by atoms with van der Waals surface area (Å²) in [5.74, 6) is -1.03. The number of carbonyl (C=O) groups excluding carboxylic acids is 2. The van der Waals surface area contributed by atoms with E-state index in [2.05, 4.69) is 30.5 Å². The number of alkyl carbamates (subject to hydrolysis) is 1. The lowest BCUT2D eigenvalue weighted by Gasteiger charge is -2.35. The SMILES string of the molecule is Cc1ccc(S(=O)(=O)n2cc(-c3cc(F)c4nccc(N5CCC[C@@H](NC(=O)OC(C)(C)C)C5)c4c3)c3cc(C(=O)NCc4cccnc4)cnc32)cc1. The molecule has 0 bridgehead atoms. The zero-order valence-electron chi connectivity index (χ0n) is 30.3. The van der Waals surface area contributed by atoms with Crippen molar-refractivity contribution in [1.29, 1.82) is 0 Å². The van der Waals surface area contributed by atoms with E-state index >= 15 is 4.39 Å². The molecule has 1 aliphatic heterocycles. The van der Waals surface area contributed by atoms with Gasteiger partial charge in [-0.25, -0.2) is 26.6 Å². The van der Waals surface area contributed by atoms with Crippen LogP contribution in [0.25, 0.3) is 33.1 Å². The first kappa shape index (κ1) is 36.5. The van der Waals surface area contributed by atoms with Crippen molar-refractivity contribution in [1.82, 2.24) is 29.6 Å². The van der Waals surface area contributed by atoms with Crippen LogP contribution in [0.4, 0.5) is 14.9 Å². The number of ether oxygens (including phenoxy) is 1. The highest BCUT2D eigenvalue weighted by Crippen LogP contribution is 2.38. The summed E-state index contributed by atoms with van der Waals surface area (Å²) in [7, 11) is -4.17. The van der Waals surface area contributed by atoms with Crippen LogP contribution in [0.1, 0.15) is 55.1 Å². The fraction of sp³-hybridized carbons (Fsp3) is 0.275. The van der Waals surface area contributed by atoms with Gasteiger partial charge in [-0.05, 0) is 94.1 Å². The summed E-state index contributed by atoms with van der Waals surface area (Å²) >= 11 is 0. The van der Waals surface area contributed by atoms with Gasteiger partial charge in [-0.1, -0.05) is 23.8 Å². The standard InChI is InChI=1S/C40H40FN7O5S/c1-25-9-11-30(12-10-25)54(51,52)48-24-33(31-18-28(22-44-37(31)48)38(49)45-21-26-7-5-14-42-20-26)27-17-32-35(13-15-43-36(32)34(41)19-27)47-16-6-8-29(23-47)46-39(50)53-40(2,3)4/h5,7,9-15,17-20,22,24,29H,6,8,16,21,23H2,1-4H3,(H,45,49)(H,46,50)/t29-/m1/s1. The number of fused-ring (bicyclic) bond motifs is 2. The molecule has 54 heavy (non-hydrogen) atoms. The lowest BCUT2D eigenvalue weighted by Crippen LogP contribution is -2.49. The van der Waals surface area contributed by atoms with Crippen LogP contribution in [0.15, 0.2) is 96.5 Å². The quantitative estimate of drug-likeness (QED) is 0.172. The van der Waals surface area contributed by atoms with Gasteiger partial charge < -0.3 is 20.3 Å². The predicted octanol–water partition coefficient (Wildman–Crippen LogP) is 6.75. The molecule has 2 amide bonds. The maximum absolute atomic E-state index is 16.1. The second-order valence-electron chi connectivity index (χ2n) is 14.4. The molecule has 1 aliphatic rings. The largest absolute Gasteiger partial charge is 0.444 e. The van der Waals surface area contributed by atoms with E-state index < -0.39 is 33.4 Å². The number of hydrogen-bond donors (Lipinski definition) is 2. The Kier molecular flexibility index (Phi) is 9.79. The van der Waals surface area contributed by atoms with Crippen LogP contribution >= 0.6 is 0 Å². The molecular weight excluding hydrogens is 710 g/mol. The van der Waals surface area contributed by atoms with E-state index in [4.69, 9.17) is 4.74 Å². The number of hydrogen-bond acceptors (Lipinski definition) is 9. The van der Waals surface area contributed by atoms with E-state index in [1.54, 1.807) is 75.8 Å². The number of carbonyl (C=O) groups is 2. The van der Waals surface area contributed by atoms with Crippen molar-refractivity contribution in [2.75, 3.05) is 18.0 Å². The number of halogens is 1. The number of rotatable bonds is 8. The van der Waals surface area contributed by atoms with Crippen LogP contribution in [0, 0.1) is 12.7 Å². The van der Waals surface area contributed by atoms with E-state index in [9.17, 15) is 18.0 Å². The maximum atomic E-state index is 16.1. The van der Waals surface area contributed by atoms with E-state index in [0.717, 1.165) is 27.9 Å². The molecule has 0 radical (unpaired) electrons. The summed E-state index contributed by atoms with van der Waals surface area (Å²) in [6.45, 7) is 8.62. The zero-order valence-corrected chi connectivity index (χ0v) is 31.2. The molecule has 6 aromatic rings. The molecule has 12 nitrogen and oxygen atoms in total. The highest BCUT2D eigenvalue weighted by Gasteiger charge is 2.28. The topological polar surface area (TPSA) is 148 Å². The Labute approximate surface area is 312 Å². The lowest BCUT2D eigenvalue weighted by atomic mass is 10.00. The van der Waals surface area contributed by atoms with Gasteiger partial charge in [-0.3, -0.25) is 14.8 Å². The number of nitrogens with one attached hydrogen (secondary N) is 2. The van der Waals surface area contributed by atoms with E-state index in [1.807, 2.05) is 13.0 Å². The average Bonchev–Trinajstić information content (AvgIpc) is 3.53. The van der Waals surface area contributed by atoms with Crippen LogP contribution in [-0.2, 0) is 21.3 Å². The predicted molar refractivity (Wildman–Crippen MR) is 204 cm³/mol. The number of amides is 2. The summed E-state index contributed by atoms with van der Waals surface area (Å²) in [5.41, 5.74) is 2.89. The van der Waals surface area contributed by atoms with Gasteiger partial charge in [0, 0.05) is 78.7 Å². The van der Waals surface area contributed by atoms with Crippen molar-refractivity contribution in [3.8, 4) is 11.1 Å². The van der Waals surface area contributed by atoms with Gasteiger partial charge in [0.15, 0.2) is 5.65 Å². The molecule has 5 heterocycles. The second kappa shape index (κ2) is 14.5. The highest BCUT2D eigenvalue weighted by atomic mass is 32.2. The third-order valence-electron chi connectivity index (χ3n) is 9.20. The van der Waals surface area contributed by atoms with Crippen molar-refractivity contribution < 1.29 is 27.1 Å². The minimum atomic E-state index is -4.17. The molecule has 1 atom stereocenters. The van der Waals surface area contributed by atoms with Crippen molar-refractivity contribution in [2.24, 2.45) is 0 Å². The number of piperidine rings is 1. The summed E-state index contributed by atoms with van der Waals surface area (Å²) < 4.78 is 50.9. The molecule has 2 aromatic carbocycles. The molecule has 0 unspecified atom stereocenters. The molecule has 278 valence electrons. The molecule has 7 rings (SSSR count). The molecule has 14 heteroatoms. The van der Waals surface area contributed by atoms with Gasteiger partial charge in [0.05, 0.1) is 10.5 Å². The van der Waals surface area contributed by atoms with Gasteiger partial charge in [0.2, 0.25) is 0 Å². The zero-order chi connectivity index (χ0) is 38.2. The first-order chi connectivity index (χ1) is 25.8. The van der Waals surface area contributed by atoms with E-state index in [0.29, 0.717) is 40.7 Å². The first-order valence-corrected chi connectivity index (χ1v) is 19.0. The summed E-state index contributed by atoms with van der Waals surface area (Å²) in [6.07, 6.45) is 8.60. The molecule has 2 N–H and O–H groups in total. The van der Waals surface area contributed by atoms with Gasteiger partial charge in [-0.2, -0.15) is 0 Å². The first-order valence-electron chi connectivity index (χ1n) is 17.6. The van der Waals surface area contributed by atoms with Crippen LogP contribution in [0.2, 0.25) is 0 Å². The Hall–Kier alpha value is -5.89. The maximum Gasteiger partial charge on any atom is 0.407 e. The fourth-order valence-electron chi connectivity index (χ4n) is 6.64. The third-order valence-corrected chi connectivity index (χ3v) is 10.9. The van der Waals surface area contributed by atoms with Crippen LogP contribution in [0.3, 0.4) is 0 Å². The highest BCUT2D eigenvalue weighted by molar-refractivity contribution is 7.90. The van der Waals surface area contributed by atoms with E-state index in [1.165, 1.54) is 30.6 Å². The number of nitrogens with zero attached hydrogens (tertiary/aromatic N) is 5. The molecular formula is C40H40FN7O5S. The van der Waals surface area contributed by atoms with Crippen LogP contribution in [-0.4, -0.2) is 64.1 Å². The van der Waals surface area contributed by atoms with Crippen molar-refractivity contribution >= 4 is 49.6 Å². The second-order valence-corrected chi connectivity index (χ2v) is 16.2. The minimum Gasteiger partial charge on any atom is -0.444 e. The van der Waals surface area contributed by atoms with Crippen LogP contribution in [0.5, 0.6) is 0 Å². The van der Waals surface area contributed by atoms with Gasteiger partial charge in [0.25, 0.3) is 15.9 Å². The Balaban J connectivity index is 1.31. The van der Waals surface area contributed by atoms with E-state index in [-0.39, 0.29) is 34.2 Å². The summed E-state index contributed by atoms with van der Waals surface area (Å²) in [5, 5.41) is 6.66. The number of aryl methyl sites for hydroxylation is 1. The molecule has 0 spiro atoms. The van der Waals surface area contributed by atoms with Crippen molar-refractivity contribution in [3.63, 3.8) is 0 Å². The Bertz CT molecular complexity index is 2480. The van der Waals surface area contributed by atoms with Crippen molar-refractivity contribution in [3.05, 3.63) is 114 Å². The molecule has 0 aliphatic carbocycles. The normalized spacial score (nSPS) is 15.0.